The molecule has 0 unspecified atom stereocenters. The van der Waals surface area contributed by atoms with Crippen LogP contribution in [0.15, 0.2) is 67.3 Å². The number of H-pyrrole nitrogens is 2. The number of carbonyl (C=O) groups is 17. The van der Waals surface area contributed by atoms with Crippen molar-refractivity contribution in [3.8, 4) is 0 Å². The second kappa shape index (κ2) is 59.0. The van der Waals surface area contributed by atoms with Gasteiger partial charge in [-0.15, -0.1) is 0 Å². The van der Waals surface area contributed by atoms with E-state index in [-0.39, 0.29) is 181 Å². The molecular weight excluding hydrogens is 1850 g/mol. The van der Waals surface area contributed by atoms with Gasteiger partial charge in [-0.05, 0) is 67.2 Å². The summed E-state index contributed by atoms with van der Waals surface area (Å²) in [5, 5.41) is 140. The molecule has 0 radical (unpaired) electrons. The highest BCUT2D eigenvalue weighted by atomic mass is 32.1. The fraction of sp³-hybridized carbons (Fsp3) is 0.598. The van der Waals surface area contributed by atoms with E-state index >= 15 is 9.59 Å². The second-order valence-electron chi connectivity index (χ2n) is 34.3. The third-order valence-corrected chi connectivity index (χ3v) is 24.3. The van der Waals surface area contributed by atoms with Crippen LogP contribution in [0.5, 0.6) is 0 Å². The Kier molecular flexibility index (Phi) is 48.1. The maximum absolute atomic E-state index is 15.6. The van der Waals surface area contributed by atoms with Crippen LogP contribution in [0.2, 0.25) is 0 Å². The van der Waals surface area contributed by atoms with Crippen LogP contribution in [-0.4, -0.2) is 525 Å². The van der Waals surface area contributed by atoms with Crippen LogP contribution >= 0.6 is 12.2 Å². The lowest BCUT2D eigenvalue weighted by molar-refractivity contribution is -0.146. The molecular formula is C87H130N22O29S. The minimum absolute atomic E-state index is 0.00381. The number of amides is 5. The first-order valence-electron chi connectivity index (χ1n) is 45.6. The van der Waals surface area contributed by atoms with Crippen molar-refractivity contribution in [1.29, 1.82) is 0 Å². The number of fused-ring (bicyclic) bond motifs is 1. The minimum Gasteiger partial charge on any atom is -0.480 e. The fourth-order valence-corrected chi connectivity index (χ4v) is 17.1. The Balaban J connectivity index is 1.26. The lowest BCUT2D eigenvalue weighted by atomic mass is 10.0. The number of rotatable bonds is 50. The molecule has 52 heteroatoms. The number of imidazole rings is 1. The van der Waals surface area contributed by atoms with Crippen molar-refractivity contribution in [2.75, 3.05) is 248 Å². The second-order valence-corrected chi connectivity index (χ2v) is 34.7. The maximum Gasteiger partial charge on any atom is 0.320 e. The van der Waals surface area contributed by atoms with Crippen molar-refractivity contribution >= 4 is 135 Å². The third-order valence-electron chi connectivity index (χ3n) is 24.1. The number of para-hydroxylation sites is 1. The number of nitrogens with zero attached hydrogens (tertiary/aromatic N) is 14. The molecule has 3 aliphatic rings. The summed E-state index contributed by atoms with van der Waals surface area (Å²) >= 11 is 5.88. The maximum atomic E-state index is 15.6. The van der Waals surface area contributed by atoms with E-state index in [1.165, 1.54) is 83.3 Å². The lowest BCUT2D eigenvalue weighted by Gasteiger charge is -2.35. The smallest absolute Gasteiger partial charge is 0.320 e. The predicted octanol–water partition coefficient (Wildman–Crippen LogP) is -5.64. The number of aromatic nitrogens is 3. The molecule has 20 N–H and O–H groups in total. The van der Waals surface area contributed by atoms with E-state index in [1.807, 2.05) is 24.3 Å². The van der Waals surface area contributed by atoms with Crippen LogP contribution in [-0.2, 0) is 101 Å². The van der Waals surface area contributed by atoms with Gasteiger partial charge in [-0.25, -0.2) is 4.98 Å². The van der Waals surface area contributed by atoms with Gasteiger partial charge in [-0.2, -0.15) is 0 Å². The molecule has 0 bridgehead atoms. The number of carboxylic acids is 12. The summed E-state index contributed by atoms with van der Waals surface area (Å²) in [6.45, 7) is -7.57. The van der Waals surface area contributed by atoms with Crippen LogP contribution in [0.3, 0.4) is 0 Å². The van der Waals surface area contributed by atoms with Crippen molar-refractivity contribution in [2.24, 2.45) is 0 Å². The Labute approximate surface area is 805 Å². The zero-order valence-electron chi connectivity index (χ0n) is 77.6. The number of carboxylic acid groups (broad SMARTS) is 12. The van der Waals surface area contributed by atoms with Crippen LogP contribution in [0, 0.1) is 0 Å². The molecule has 7 rings (SSSR count). The number of hydrogen-bond donors (Lipinski definition) is 20. The monoisotopic (exact) mass is 1980 g/mol. The molecule has 0 spiro atoms. The summed E-state index contributed by atoms with van der Waals surface area (Å²) in [6.07, 6.45) is 1.49. The first-order chi connectivity index (χ1) is 66.1. The van der Waals surface area contributed by atoms with Gasteiger partial charge >= 0.3 is 71.6 Å². The summed E-state index contributed by atoms with van der Waals surface area (Å²) in [6, 6.07) is 5.78. The molecule has 5 amide bonds. The summed E-state index contributed by atoms with van der Waals surface area (Å²) < 4.78 is 0. The van der Waals surface area contributed by atoms with E-state index in [1.54, 1.807) is 30.5 Å². The Morgan fingerprint density at radius 3 is 1.11 bits per heavy atom. The number of nitrogens with one attached hydrogen (secondary N) is 8. The largest absolute Gasteiger partial charge is 0.480 e. The van der Waals surface area contributed by atoms with Crippen LogP contribution in [0.4, 0.5) is 5.69 Å². The number of carbonyl (C=O) groups excluding carboxylic acids is 5. The Bertz CT molecular complexity index is 4670. The van der Waals surface area contributed by atoms with Crippen molar-refractivity contribution < 1.29 is 143 Å². The number of anilines is 1. The fourth-order valence-electron chi connectivity index (χ4n) is 16.9. The summed E-state index contributed by atoms with van der Waals surface area (Å²) in [5.41, 5.74) is 2.82. The van der Waals surface area contributed by atoms with Gasteiger partial charge < -0.3 is 108 Å². The van der Waals surface area contributed by atoms with Gasteiger partial charge in [0, 0.05) is 251 Å². The van der Waals surface area contributed by atoms with Crippen LogP contribution in [0.25, 0.3) is 10.9 Å². The standard InChI is InChI=1S/C87H130N22O29S/c1-88-82(131)66(44-61-46-89-57-92-61)95-83(132)65(43-59-45-91-64-5-3-2-4-63(59)64)96-87(139)94-60-8-6-58(7-9-60)42-62(93-71(111)14-11-68(85(135)136)107-38-32-102(53-78(123)124)26-20-98(49-74(115)116)21-27-103(33-39-107)54-79(125)126)47-109(72(112)15-12-69(86(137)138)108-40-34-104(55-80(127)128)28-22-99(50-75(117)118)23-29-105(35-41-108)56-81(129)130)17-16-90-70(110)13-10-67(84(133)134)106-36-30-100(51-76(119)120)24-18-97(48-73(113)114)19-25-101(31-37-106)52-77(121)122/h2-9,45-46,57,62,65-69,91H,10-44,47-56H2,1H3,(H,88,131)(H,89,92)(H,90,110)(H,93,111)(H,95,132)(H,113,114)(H,115,116)(H,117,118)(H,119,120)(H,121,122)(H,123,124)(H,125,126)(H,127,128)(H,129,130)(H,133,134)(H,135,136)(H,137,138)(H2,94,96,139)/t62-,65-,66-,67-,68-,69-/m0/s1. The van der Waals surface area contributed by atoms with Crippen molar-refractivity contribution in [3.05, 3.63) is 84.1 Å². The summed E-state index contributed by atoms with van der Waals surface area (Å²) in [5.74, 6) is -19.0. The van der Waals surface area contributed by atoms with Gasteiger partial charge in [-0.3, -0.25) is 140 Å². The first-order valence-corrected chi connectivity index (χ1v) is 46.0. The number of thiocarbonyl (C=S) groups is 1. The van der Waals surface area contributed by atoms with E-state index in [0.717, 1.165) is 10.9 Å². The third kappa shape index (κ3) is 42.7. The van der Waals surface area contributed by atoms with Crippen molar-refractivity contribution in [1.82, 2.24) is 105 Å². The Hall–Kier alpha value is -12.6. The molecule has 139 heavy (non-hydrogen) atoms. The van der Waals surface area contributed by atoms with E-state index in [9.17, 15) is 133 Å². The molecule has 51 nitrogen and oxygen atoms in total. The van der Waals surface area contributed by atoms with Gasteiger partial charge in [0.15, 0.2) is 5.11 Å². The highest BCUT2D eigenvalue weighted by Gasteiger charge is 2.36. The number of benzene rings is 2. The van der Waals surface area contributed by atoms with Crippen LogP contribution in [0.1, 0.15) is 55.3 Å². The van der Waals surface area contributed by atoms with E-state index in [2.05, 4.69) is 46.9 Å². The SMILES string of the molecule is CNC(=O)[C@H](Cc1cnc[nH]1)NC(=O)[C@H](Cc1c[nH]c2ccccc12)NC(=S)Nc1ccc(C[C@@H](CN(CCNC(=O)CC[C@@H](C(=O)O)N2CCN(CC(=O)O)CCN(CC(=O)O)CCN(CC(=O)O)CC2)C(=O)CC[C@@H](C(=O)O)N2CCN(CC(=O)O)CCN(CC(=O)O)CCN(CC(=O)O)CC2)NC(=O)CC[C@@H](C(=O)O)N2CCN(CC(=O)O)CCN(CC(=O)O)CCN(CC(=O)O)CC2)cc1. The Morgan fingerprint density at radius 1 is 0.403 bits per heavy atom. The molecule has 4 aromatic rings. The average molecular weight is 1980 g/mol. The van der Waals surface area contributed by atoms with Gasteiger partial charge in [-0.1, -0.05) is 30.3 Å². The van der Waals surface area contributed by atoms with Gasteiger partial charge in [0.25, 0.3) is 0 Å². The Morgan fingerprint density at radius 2 is 0.755 bits per heavy atom. The molecule has 5 heterocycles. The zero-order chi connectivity index (χ0) is 102. The van der Waals surface area contributed by atoms with Crippen molar-refractivity contribution in [2.45, 2.75) is 94.0 Å². The highest BCUT2D eigenvalue weighted by molar-refractivity contribution is 7.80. The van der Waals surface area contributed by atoms with Gasteiger partial charge in [0.05, 0.1) is 71.3 Å². The molecule has 3 fully saturated rings. The predicted molar refractivity (Wildman–Crippen MR) is 498 cm³/mol. The molecule has 6 atom stereocenters. The average Bonchev–Trinajstić information content (AvgIpc) is 1.16. The normalized spacial score (nSPS) is 17.8. The van der Waals surface area contributed by atoms with E-state index in [4.69, 9.17) is 12.2 Å². The number of aromatic amines is 2. The molecule has 2 aromatic heterocycles. The summed E-state index contributed by atoms with van der Waals surface area (Å²) in [4.78, 5) is 252. The number of aliphatic carboxylic acids is 12. The number of hydrogen-bond acceptors (Lipinski definition) is 31. The van der Waals surface area contributed by atoms with Crippen LogP contribution < -0.4 is 31.9 Å². The van der Waals surface area contributed by atoms with Gasteiger partial charge in [0.2, 0.25) is 29.5 Å². The lowest BCUT2D eigenvalue weighted by Crippen LogP contribution is -2.55. The van der Waals surface area contributed by atoms with Crippen molar-refractivity contribution in [3.63, 3.8) is 0 Å². The van der Waals surface area contributed by atoms with E-state index < -0.39 is 254 Å². The molecule has 2 aromatic carbocycles. The summed E-state index contributed by atoms with van der Waals surface area (Å²) in [7, 11) is 1.42. The molecule has 3 aliphatic heterocycles. The molecule has 3 saturated heterocycles. The quantitative estimate of drug-likeness (QED) is 0.0183. The molecule has 0 aliphatic carbocycles. The number of likely N-dealkylation sites (N-methyl/N-ethyl adjacent to an activating group) is 1. The first kappa shape index (κ1) is 113. The van der Waals surface area contributed by atoms with Gasteiger partial charge in [0.1, 0.15) is 30.2 Å². The topological polar surface area (TPSA) is 692 Å². The minimum atomic E-state index is -1.58. The van der Waals surface area contributed by atoms with E-state index in [0.29, 0.717) is 22.5 Å². The zero-order valence-corrected chi connectivity index (χ0v) is 78.4. The molecule has 0 saturated carbocycles. The highest BCUT2D eigenvalue weighted by Crippen LogP contribution is 2.23. The molecule has 768 valence electrons.